The van der Waals surface area contributed by atoms with Crippen molar-refractivity contribution in [1.82, 2.24) is 0 Å². The fourth-order valence-corrected chi connectivity index (χ4v) is 8.13. The minimum atomic E-state index is -1.89. The Kier molecular flexibility index (Phi) is 6.72. The van der Waals surface area contributed by atoms with Gasteiger partial charge in [0.05, 0.1) is 0 Å². The summed E-state index contributed by atoms with van der Waals surface area (Å²) >= 11 is -1.89. The molecule has 0 radical (unpaired) electrons. The zero-order chi connectivity index (χ0) is 11.9. The second-order valence-corrected chi connectivity index (χ2v) is 22.8. The second-order valence-electron chi connectivity index (χ2n) is 5.53. The Morgan fingerprint density at radius 2 is 1.67 bits per heavy atom. The monoisotopic (exact) mass is 328 g/mol. The van der Waals surface area contributed by atoms with E-state index in [0.29, 0.717) is 0 Å². The molecule has 0 spiro atoms. The molecule has 0 aliphatic heterocycles. The molecule has 0 fully saturated rings. The van der Waals surface area contributed by atoms with Crippen LogP contribution in [0, 0.1) is 20.9 Å². The molecule has 0 aliphatic carbocycles. The van der Waals surface area contributed by atoms with Gasteiger partial charge >= 0.3 is 101 Å². The standard InChI is InChI=1S/C10H15Si.3CH3.Sn/c1-5-7-8-9-10-11(3,4)6-2;;;;/h5,7-8H2,1,3-4H3;3*1H3;. The second kappa shape index (κ2) is 6.66. The fraction of sp³-hybridized carbons (Fsp3) is 0.692. The van der Waals surface area contributed by atoms with Crippen LogP contribution >= 0.6 is 0 Å². The number of hydrogen-bond donors (Lipinski definition) is 0. The molecule has 0 nitrogen and oxygen atoms in total. The Balaban J connectivity index is 4.38. The van der Waals surface area contributed by atoms with E-state index < -0.39 is 26.5 Å². The molecule has 0 saturated heterocycles. The van der Waals surface area contributed by atoms with Gasteiger partial charge in [0.25, 0.3) is 0 Å². The third kappa shape index (κ3) is 10.4. The van der Waals surface area contributed by atoms with Crippen molar-refractivity contribution in [1.29, 1.82) is 0 Å². The van der Waals surface area contributed by atoms with Crippen molar-refractivity contribution in [2.75, 3.05) is 0 Å². The van der Waals surface area contributed by atoms with Crippen LogP contribution < -0.4 is 0 Å². The van der Waals surface area contributed by atoms with Crippen LogP contribution in [-0.2, 0) is 0 Å². The first-order valence-corrected chi connectivity index (χ1v) is 18.8. The van der Waals surface area contributed by atoms with Crippen LogP contribution in [0.4, 0.5) is 0 Å². The predicted octanol–water partition coefficient (Wildman–Crippen LogP) is 3.85. The zero-order valence-electron chi connectivity index (χ0n) is 11.1. The van der Waals surface area contributed by atoms with Gasteiger partial charge < -0.3 is 0 Å². The average molecular weight is 327 g/mol. The van der Waals surface area contributed by atoms with E-state index in [2.05, 4.69) is 55.8 Å². The van der Waals surface area contributed by atoms with Crippen LogP contribution in [0.1, 0.15) is 26.2 Å². The van der Waals surface area contributed by atoms with E-state index in [4.69, 9.17) is 0 Å². The number of hydrogen-bond acceptors (Lipinski definition) is 0. The molecule has 84 valence electrons. The van der Waals surface area contributed by atoms with E-state index in [1.807, 2.05) is 0 Å². The molecule has 0 aromatic carbocycles. The summed E-state index contributed by atoms with van der Waals surface area (Å²) in [4.78, 5) is 7.07. The van der Waals surface area contributed by atoms with Gasteiger partial charge in [-0.1, -0.05) is 0 Å². The molecule has 0 rings (SSSR count). The minimum absolute atomic E-state index is 1.05. The van der Waals surface area contributed by atoms with Gasteiger partial charge in [-0.2, -0.15) is 0 Å². The molecule has 0 saturated carbocycles. The molecule has 0 aliphatic rings. The van der Waals surface area contributed by atoms with Gasteiger partial charge in [0, 0.05) is 0 Å². The van der Waals surface area contributed by atoms with Crippen molar-refractivity contribution in [2.24, 2.45) is 0 Å². The van der Waals surface area contributed by atoms with Gasteiger partial charge in [-0.05, 0) is 0 Å². The molecule has 0 N–H and O–H groups in total. The van der Waals surface area contributed by atoms with Crippen molar-refractivity contribution < 1.29 is 0 Å². The van der Waals surface area contributed by atoms with E-state index in [-0.39, 0.29) is 0 Å². The summed E-state index contributed by atoms with van der Waals surface area (Å²) in [5.41, 5.74) is 6.90. The van der Waals surface area contributed by atoms with E-state index >= 15 is 0 Å². The molecule has 0 heterocycles. The van der Waals surface area contributed by atoms with Gasteiger partial charge in [0.1, 0.15) is 0 Å². The topological polar surface area (TPSA) is 0 Å². The van der Waals surface area contributed by atoms with Gasteiger partial charge in [0.15, 0.2) is 0 Å². The third-order valence-corrected chi connectivity index (χ3v) is 6.57. The molecule has 0 unspecified atom stereocenters. The first-order chi connectivity index (χ1) is 6.77. The Labute approximate surface area is 101 Å². The van der Waals surface area contributed by atoms with Gasteiger partial charge in [0.2, 0.25) is 0 Å². The Morgan fingerprint density at radius 1 is 1.07 bits per heavy atom. The normalized spacial score (nSPS) is 11.1. The first kappa shape index (κ1) is 15.1. The maximum absolute atomic E-state index is 3.52. The maximum atomic E-state index is 3.52. The van der Waals surface area contributed by atoms with Crippen molar-refractivity contribution in [3.63, 3.8) is 0 Å². The molecule has 2 heteroatoms. The average Bonchev–Trinajstić information content (AvgIpc) is 2.09. The van der Waals surface area contributed by atoms with E-state index in [0.717, 1.165) is 6.42 Å². The van der Waals surface area contributed by atoms with E-state index in [1.165, 1.54) is 12.8 Å². The van der Waals surface area contributed by atoms with E-state index in [9.17, 15) is 0 Å². The Hall–Kier alpha value is 0.136. The number of rotatable bonds is 2. The summed E-state index contributed by atoms with van der Waals surface area (Å²) in [6, 6.07) is 0. The van der Waals surface area contributed by atoms with Crippen LogP contribution in [0.2, 0.25) is 27.9 Å². The third-order valence-electron chi connectivity index (χ3n) is 1.81. The summed E-state index contributed by atoms with van der Waals surface area (Å²) in [7, 11) is -1.53. The van der Waals surface area contributed by atoms with Gasteiger partial charge in [-0.3, -0.25) is 0 Å². The molecule has 0 amide bonds. The fourth-order valence-electron chi connectivity index (χ4n) is 0.924. The van der Waals surface area contributed by atoms with E-state index in [1.54, 1.807) is 0 Å². The van der Waals surface area contributed by atoms with Crippen LogP contribution in [0.5, 0.6) is 0 Å². The summed E-state index contributed by atoms with van der Waals surface area (Å²) in [6.07, 6.45) is 3.51. The molecule has 0 bridgehead atoms. The molecule has 0 atom stereocenters. The first-order valence-electron chi connectivity index (χ1n) is 5.81. The van der Waals surface area contributed by atoms with Gasteiger partial charge in [-0.15, -0.1) is 0 Å². The van der Waals surface area contributed by atoms with Crippen LogP contribution in [0.25, 0.3) is 0 Å². The summed E-state index contributed by atoms with van der Waals surface area (Å²) in [5.74, 6) is 3.30. The van der Waals surface area contributed by atoms with Crippen molar-refractivity contribution in [2.45, 2.75) is 54.1 Å². The molecular formula is C13H24SiSn. The molecule has 0 aromatic heterocycles. The van der Waals surface area contributed by atoms with Crippen LogP contribution in [0.15, 0.2) is 0 Å². The molecular weight excluding hydrogens is 303 g/mol. The van der Waals surface area contributed by atoms with Crippen LogP contribution in [0.3, 0.4) is 0 Å². The zero-order valence-corrected chi connectivity index (χ0v) is 15.0. The molecule has 15 heavy (non-hydrogen) atoms. The Bertz CT molecular complexity index is 301. The van der Waals surface area contributed by atoms with Crippen molar-refractivity contribution in [3.8, 4) is 20.9 Å². The van der Waals surface area contributed by atoms with Crippen molar-refractivity contribution >= 4 is 26.5 Å². The molecule has 0 aromatic rings. The Morgan fingerprint density at radius 3 is 2.13 bits per heavy atom. The van der Waals surface area contributed by atoms with Crippen LogP contribution in [-0.4, -0.2) is 26.5 Å². The quantitative estimate of drug-likeness (QED) is 0.411. The van der Waals surface area contributed by atoms with Crippen molar-refractivity contribution in [3.05, 3.63) is 0 Å². The predicted molar refractivity (Wildman–Crippen MR) is 75.9 cm³/mol. The summed E-state index contributed by atoms with van der Waals surface area (Å²) in [5, 5.41) is 0. The summed E-state index contributed by atoms with van der Waals surface area (Å²) in [6.45, 7) is 6.73. The summed E-state index contributed by atoms with van der Waals surface area (Å²) < 4.78 is 3.52. The van der Waals surface area contributed by atoms with Gasteiger partial charge in [-0.25, -0.2) is 0 Å². The number of unbranched alkanes of at least 4 members (excludes halogenated alkanes) is 2. The SMILES string of the molecule is CCCCC#C[Si](C)(C)C#[C][Sn]([CH3])([CH3])[CH3].